The number of aromatic nitrogens is 2. The molecule has 86 valence electrons. The molecule has 0 spiro atoms. The van der Waals surface area contributed by atoms with Gasteiger partial charge in [0.25, 0.3) is 0 Å². The second-order valence-electron chi connectivity index (χ2n) is 4.18. The SMILES string of the molecule is Cc1ccccc1-c1nc(C)c(CC#N)n1C. The van der Waals surface area contributed by atoms with Gasteiger partial charge in [0.05, 0.1) is 23.9 Å². The van der Waals surface area contributed by atoms with Crippen molar-refractivity contribution >= 4 is 0 Å². The van der Waals surface area contributed by atoms with E-state index in [-0.39, 0.29) is 0 Å². The highest BCUT2D eigenvalue weighted by Gasteiger charge is 2.13. The van der Waals surface area contributed by atoms with Crippen LogP contribution < -0.4 is 0 Å². The summed E-state index contributed by atoms with van der Waals surface area (Å²) in [6.45, 7) is 4.03. The molecule has 0 bridgehead atoms. The highest BCUT2D eigenvalue weighted by molar-refractivity contribution is 5.61. The fourth-order valence-corrected chi connectivity index (χ4v) is 2.05. The van der Waals surface area contributed by atoms with Crippen molar-refractivity contribution in [2.45, 2.75) is 20.3 Å². The van der Waals surface area contributed by atoms with Crippen molar-refractivity contribution in [3.63, 3.8) is 0 Å². The third-order valence-corrected chi connectivity index (χ3v) is 3.05. The second kappa shape index (κ2) is 4.42. The summed E-state index contributed by atoms with van der Waals surface area (Å²) in [7, 11) is 1.97. The fourth-order valence-electron chi connectivity index (χ4n) is 2.05. The summed E-state index contributed by atoms with van der Waals surface area (Å²) in [6.07, 6.45) is 0.404. The molecule has 2 rings (SSSR count). The first-order valence-corrected chi connectivity index (χ1v) is 5.60. The van der Waals surface area contributed by atoms with E-state index in [9.17, 15) is 0 Å². The van der Waals surface area contributed by atoms with E-state index >= 15 is 0 Å². The molecule has 0 fully saturated rings. The molecule has 0 unspecified atom stereocenters. The highest BCUT2D eigenvalue weighted by atomic mass is 15.1. The first-order chi connectivity index (χ1) is 8.15. The molecule has 0 amide bonds. The summed E-state index contributed by atoms with van der Waals surface area (Å²) in [5, 5.41) is 8.81. The van der Waals surface area contributed by atoms with Crippen LogP contribution in [0.15, 0.2) is 24.3 Å². The van der Waals surface area contributed by atoms with Gasteiger partial charge in [-0.1, -0.05) is 24.3 Å². The Bertz CT molecular complexity index is 588. The van der Waals surface area contributed by atoms with E-state index in [1.807, 2.05) is 30.7 Å². The number of nitrogens with zero attached hydrogens (tertiary/aromatic N) is 3. The zero-order chi connectivity index (χ0) is 12.4. The van der Waals surface area contributed by atoms with Gasteiger partial charge in [-0.2, -0.15) is 5.26 Å². The Morgan fingerprint density at radius 3 is 2.65 bits per heavy atom. The van der Waals surface area contributed by atoms with Gasteiger partial charge in [-0.15, -0.1) is 0 Å². The summed E-state index contributed by atoms with van der Waals surface area (Å²) in [4.78, 5) is 4.57. The fraction of sp³-hybridized carbons (Fsp3) is 0.286. The van der Waals surface area contributed by atoms with Gasteiger partial charge in [-0.25, -0.2) is 4.98 Å². The van der Waals surface area contributed by atoms with Gasteiger partial charge in [-0.3, -0.25) is 0 Å². The molecule has 0 radical (unpaired) electrons. The zero-order valence-electron chi connectivity index (χ0n) is 10.4. The summed E-state index contributed by atoms with van der Waals surface area (Å²) >= 11 is 0. The maximum Gasteiger partial charge on any atom is 0.140 e. The topological polar surface area (TPSA) is 41.6 Å². The van der Waals surface area contributed by atoms with Crippen LogP contribution in [0.5, 0.6) is 0 Å². The second-order valence-corrected chi connectivity index (χ2v) is 4.18. The van der Waals surface area contributed by atoms with Crippen LogP contribution in [0.1, 0.15) is 17.0 Å². The summed E-state index contributed by atoms with van der Waals surface area (Å²) in [5.74, 6) is 0.936. The highest BCUT2D eigenvalue weighted by Crippen LogP contribution is 2.24. The average molecular weight is 225 g/mol. The maximum absolute atomic E-state index is 8.81. The third kappa shape index (κ3) is 1.94. The average Bonchev–Trinajstić information content (AvgIpc) is 2.58. The molecule has 1 heterocycles. The van der Waals surface area contributed by atoms with E-state index in [4.69, 9.17) is 5.26 Å². The molecule has 0 aliphatic carbocycles. The minimum absolute atomic E-state index is 0.404. The van der Waals surface area contributed by atoms with E-state index in [1.165, 1.54) is 5.56 Å². The van der Waals surface area contributed by atoms with Gasteiger partial charge in [0.2, 0.25) is 0 Å². The minimum atomic E-state index is 0.404. The van der Waals surface area contributed by atoms with Crippen LogP contribution in [0.25, 0.3) is 11.4 Å². The molecule has 1 aromatic heterocycles. The predicted octanol–water partition coefficient (Wildman–Crippen LogP) is 2.77. The molecule has 3 nitrogen and oxygen atoms in total. The van der Waals surface area contributed by atoms with Crippen molar-refractivity contribution in [3.8, 4) is 17.5 Å². The van der Waals surface area contributed by atoms with Crippen molar-refractivity contribution in [3.05, 3.63) is 41.2 Å². The van der Waals surface area contributed by atoms with E-state index < -0.39 is 0 Å². The lowest BCUT2D eigenvalue weighted by molar-refractivity contribution is 0.859. The third-order valence-electron chi connectivity index (χ3n) is 3.05. The molecule has 0 N–H and O–H groups in total. The van der Waals surface area contributed by atoms with Gasteiger partial charge in [0.15, 0.2) is 0 Å². The van der Waals surface area contributed by atoms with Crippen LogP contribution in [0, 0.1) is 25.2 Å². The summed E-state index contributed by atoms with van der Waals surface area (Å²) in [5.41, 5.74) is 4.25. The summed E-state index contributed by atoms with van der Waals surface area (Å²) in [6, 6.07) is 10.3. The largest absolute Gasteiger partial charge is 0.330 e. The van der Waals surface area contributed by atoms with E-state index in [0.717, 1.165) is 22.8 Å². The Hall–Kier alpha value is -2.08. The van der Waals surface area contributed by atoms with Crippen molar-refractivity contribution in [2.75, 3.05) is 0 Å². The molecule has 0 aliphatic heterocycles. The molecule has 2 aromatic rings. The molecule has 0 saturated carbocycles. The molecule has 0 atom stereocenters. The molecule has 3 heteroatoms. The lowest BCUT2D eigenvalue weighted by Gasteiger charge is -2.06. The number of rotatable bonds is 2. The number of aryl methyl sites for hydroxylation is 2. The van der Waals surface area contributed by atoms with Gasteiger partial charge in [0.1, 0.15) is 5.82 Å². The van der Waals surface area contributed by atoms with E-state index in [0.29, 0.717) is 6.42 Å². The van der Waals surface area contributed by atoms with Crippen LogP contribution in [-0.4, -0.2) is 9.55 Å². The lowest BCUT2D eigenvalue weighted by atomic mass is 10.1. The lowest BCUT2D eigenvalue weighted by Crippen LogP contribution is -1.99. The monoisotopic (exact) mass is 225 g/mol. The van der Waals surface area contributed by atoms with Crippen molar-refractivity contribution in [1.82, 2.24) is 9.55 Å². The normalized spacial score (nSPS) is 10.2. The van der Waals surface area contributed by atoms with Crippen molar-refractivity contribution < 1.29 is 0 Å². The van der Waals surface area contributed by atoms with Gasteiger partial charge < -0.3 is 4.57 Å². The van der Waals surface area contributed by atoms with Gasteiger partial charge in [0, 0.05) is 12.6 Å². The van der Waals surface area contributed by atoms with Crippen molar-refractivity contribution in [2.24, 2.45) is 7.05 Å². The first-order valence-electron chi connectivity index (χ1n) is 5.60. The number of hydrogen-bond acceptors (Lipinski definition) is 2. The van der Waals surface area contributed by atoms with Gasteiger partial charge in [-0.05, 0) is 19.4 Å². The van der Waals surface area contributed by atoms with Crippen LogP contribution in [0.2, 0.25) is 0 Å². The van der Waals surface area contributed by atoms with E-state index in [2.05, 4.69) is 30.1 Å². The zero-order valence-corrected chi connectivity index (χ0v) is 10.4. The molecule has 1 aromatic carbocycles. The number of imidazole rings is 1. The first kappa shape index (κ1) is 11.4. The van der Waals surface area contributed by atoms with Crippen LogP contribution in [0.4, 0.5) is 0 Å². The minimum Gasteiger partial charge on any atom is -0.330 e. The van der Waals surface area contributed by atoms with Crippen LogP contribution >= 0.6 is 0 Å². The molecular formula is C14H15N3. The maximum atomic E-state index is 8.81. The summed E-state index contributed by atoms with van der Waals surface area (Å²) < 4.78 is 2.01. The molecule has 0 aliphatic rings. The standard InChI is InChI=1S/C14H15N3/c1-10-6-4-5-7-12(10)14-16-11(2)13(8-9-15)17(14)3/h4-7H,8H2,1-3H3. The molecule has 17 heavy (non-hydrogen) atoms. The van der Waals surface area contributed by atoms with Crippen molar-refractivity contribution in [1.29, 1.82) is 5.26 Å². The number of benzene rings is 1. The Morgan fingerprint density at radius 1 is 1.29 bits per heavy atom. The molecular weight excluding hydrogens is 210 g/mol. The van der Waals surface area contributed by atoms with Crippen LogP contribution in [-0.2, 0) is 13.5 Å². The quantitative estimate of drug-likeness (QED) is 0.788. The Labute approximate surface area is 101 Å². The Morgan fingerprint density at radius 2 is 2.00 bits per heavy atom. The Kier molecular flexibility index (Phi) is 2.97. The Balaban J connectivity index is 2.59. The predicted molar refractivity (Wildman–Crippen MR) is 67.4 cm³/mol. The number of hydrogen-bond donors (Lipinski definition) is 0. The molecule has 0 saturated heterocycles. The number of nitriles is 1. The van der Waals surface area contributed by atoms with Gasteiger partial charge >= 0.3 is 0 Å². The van der Waals surface area contributed by atoms with E-state index in [1.54, 1.807) is 0 Å². The van der Waals surface area contributed by atoms with Crippen LogP contribution in [0.3, 0.4) is 0 Å². The smallest absolute Gasteiger partial charge is 0.140 e.